The third kappa shape index (κ3) is 6.76. The van der Waals surface area contributed by atoms with Crippen LogP contribution in [-0.2, 0) is 31.5 Å². The first-order chi connectivity index (χ1) is 16.4. The predicted molar refractivity (Wildman–Crippen MR) is 115 cm³/mol. The number of anilines is 1. The monoisotopic (exact) mass is 545 g/mol. The molecule has 3 rings (SSSR count). The fourth-order valence-electron chi connectivity index (χ4n) is 2.49. The van der Waals surface area contributed by atoms with Gasteiger partial charge < -0.3 is 5.11 Å². The molecule has 15 nitrogen and oxygen atoms in total. The number of benzene rings is 2. The topological polar surface area (TPSA) is 225 Å². The van der Waals surface area contributed by atoms with E-state index in [0.717, 1.165) is 12.1 Å². The number of hydrogen-bond donors (Lipinski definition) is 5. The number of carbonyl (C=O) groups excluding carboxylic acids is 1. The molecule has 1 amide bonds. The van der Waals surface area contributed by atoms with Gasteiger partial charge in [-0.15, -0.1) is 10.2 Å². The first-order valence-corrected chi connectivity index (χ1v) is 12.8. The number of hydrogen-bond acceptors (Lipinski definition) is 13. The molecule has 3 aromatic rings. The van der Waals surface area contributed by atoms with E-state index in [1.165, 1.54) is 36.4 Å². The summed E-state index contributed by atoms with van der Waals surface area (Å²) in [5.74, 6) is -2.40. The van der Waals surface area contributed by atoms with Gasteiger partial charge in [-0.1, -0.05) is 29.5 Å². The van der Waals surface area contributed by atoms with Gasteiger partial charge in [-0.2, -0.15) is 8.42 Å². The van der Waals surface area contributed by atoms with Crippen LogP contribution in [0, 0.1) is 0 Å². The van der Waals surface area contributed by atoms with E-state index in [0.29, 0.717) is 16.9 Å². The van der Waals surface area contributed by atoms with Gasteiger partial charge in [0.1, 0.15) is 0 Å². The minimum Gasteiger partial charge on any atom is -0.478 e. The molecule has 0 spiro atoms. The summed E-state index contributed by atoms with van der Waals surface area (Å²) in [5, 5.41) is 32.0. The van der Waals surface area contributed by atoms with Gasteiger partial charge in [0.15, 0.2) is 0 Å². The molecule has 0 aliphatic carbocycles. The molecule has 0 fully saturated rings. The molecule has 0 aliphatic heterocycles. The molecule has 1 aromatic heterocycles. The van der Waals surface area contributed by atoms with Crippen molar-refractivity contribution >= 4 is 48.4 Å². The lowest BCUT2D eigenvalue weighted by Gasteiger charge is -2.08. The molecule has 0 atom stereocenters. The lowest BCUT2D eigenvalue weighted by Crippen LogP contribution is -2.30. The van der Waals surface area contributed by atoms with E-state index in [4.69, 9.17) is 15.5 Å². The van der Waals surface area contributed by atoms with Crippen LogP contribution in [0.25, 0.3) is 0 Å². The number of nitrogens with zero attached hydrogens (tertiary/aromatic N) is 3. The van der Waals surface area contributed by atoms with Gasteiger partial charge in [-0.05, 0) is 35.9 Å². The van der Waals surface area contributed by atoms with Crippen LogP contribution in [0.15, 0.2) is 57.8 Å². The molecule has 2 aromatic carbocycles. The summed E-state index contributed by atoms with van der Waals surface area (Å²) in [6, 6.07) is 9.84. The van der Waals surface area contributed by atoms with Crippen molar-refractivity contribution in [2.45, 2.75) is 15.8 Å². The Kier molecular flexibility index (Phi) is 7.75. The maximum Gasteiger partial charge on any atom is 0.335 e. The van der Waals surface area contributed by atoms with Crippen LogP contribution in [-0.4, -0.2) is 59.8 Å². The second kappa shape index (κ2) is 10.4. The number of aromatic nitrogens is 2. The van der Waals surface area contributed by atoms with E-state index in [2.05, 4.69) is 15.0 Å². The van der Waals surface area contributed by atoms with Gasteiger partial charge in [0.05, 0.1) is 22.5 Å². The number of sulfonamides is 2. The third-order valence-electron chi connectivity index (χ3n) is 4.01. The van der Waals surface area contributed by atoms with Crippen molar-refractivity contribution in [1.29, 1.82) is 0 Å². The number of nitrogens with one attached hydrogen (secondary N) is 2. The Morgan fingerprint density at radius 1 is 0.971 bits per heavy atom. The molecule has 0 unspecified atom stereocenters. The number of aromatic carboxylic acids is 1. The zero-order valence-corrected chi connectivity index (χ0v) is 19.5. The Morgan fingerprint density at radius 3 is 2.34 bits per heavy atom. The van der Waals surface area contributed by atoms with E-state index in [-0.39, 0.29) is 17.7 Å². The summed E-state index contributed by atoms with van der Waals surface area (Å²) in [6.45, 7) is -0.337. The second-order valence-corrected chi connectivity index (χ2v) is 11.0. The minimum absolute atomic E-state index is 0.110. The van der Waals surface area contributed by atoms with Crippen molar-refractivity contribution in [3.8, 4) is 0 Å². The molecule has 0 radical (unpaired) electrons. The van der Waals surface area contributed by atoms with E-state index in [9.17, 15) is 26.4 Å². The van der Waals surface area contributed by atoms with Crippen molar-refractivity contribution in [3.63, 3.8) is 0 Å². The average Bonchev–Trinajstić information content (AvgIpc) is 3.26. The Hall–Kier alpha value is -3.52. The van der Waals surface area contributed by atoms with E-state index in [1.54, 1.807) is 4.72 Å². The highest BCUT2D eigenvalue weighted by molar-refractivity contribution is 7.93. The van der Waals surface area contributed by atoms with Gasteiger partial charge >= 0.3 is 5.97 Å². The Morgan fingerprint density at radius 2 is 1.66 bits per heavy atom. The highest BCUT2D eigenvalue weighted by Gasteiger charge is 2.26. The van der Waals surface area contributed by atoms with E-state index >= 15 is 0 Å². The summed E-state index contributed by atoms with van der Waals surface area (Å²) in [7, 11) is -8.87. The van der Waals surface area contributed by atoms with Crippen molar-refractivity contribution < 1.29 is 46.8 Å². The summed E-state index contributed by atoms with van der Waals surface area (Å²) in [5.41, 5.74) is -0.0830. The standard InChI is InChI=1S/C17H15N5O10S3/c23-14(11-4-1-3-10(7-11)9-32-22(26)27)20-35(30,31)17-19-18-16(33-17)21-34(28,29)13-6-2-5-12(8-13)15(24)25/h1-8,26-27H,9H2,(H,18,21)(H,20,23)(H,24,25). The molecule has 5 N–H and O–H groups in total. The van der Waals surface area contributed by atoms with Crippen LogP contribution in [0.3, 0.4) is 0 Å². The Balaban J connectivity index is 1.74. The molecule has 0 saturated carbocycles. The zero-order valence-electron chi connectivity index (χ0n) is 17.1. The van der Waals surface area contributed by atoms with Crippen LogP contribution in [0.5, 0.6) is 0 Å². The lowest BCUT2D eigenvalue weighted by molar-refractivity contribution is -0.497. The van der Waals surface area contributed by atoms with Crippen molar-refractivity contribution in [1.82, 2.24) is 20.3 Å². The van der Waals surface area contributed by atoms with Gasteiger partial charge in [0, 0.05) is 5.56 Å². The van der Waals surface area contributed by atoms with Gasteiger partial charge in [-0.3, -0.25) is 19.9 Å². The first kappa shape index (κ1) is 26.1. The number of rotatable bonds is 10. The molecule has 1 heterocycles. The smallest absolute Gasteiger partial charge is 0.335 e. The van der Waals surface area contributed by atoms with E-state index < -0.39 is 51.7 Å². The Bertz CT molecular complexity index is 1470. The molecule has 35 heavy (non-hydrogen) atoms. The number of amides is 1. The molecule has 18 heteroatoms. The fourth-order valence-corrected chi connectivity index (χ4v) is 5.64. The SMILES string of the molecule is O=C(O)c1cccc(S(=O)(=O)Nc2nnc(S(=O)(=O)NC(=O)c3cccc(CON(O)O)c3)s2)c1. The minimum atomic E-state index is -4.55. The predicted octanol–water partition coefficient (Wildman–Crippen LogP) is 0.668. The van der Waals surface area contributed by atoms with Gasteiger partial charge in [-0.25, -0.2) is 22.8 Å². The normalized spacial score (nSPS) is 11.9. The number of carboxylic acids is 1. The third-order valence-corrected chi connectivity index (χ3v) is 8.02. The highest BCUT2D eigenvalue weighted by Crippen LogP contribution is 2.23. The van der Waals surface area contributed by atoms with Crippen molar-refractivity contribution in [2.24, 2.45) is 0 Å². The summed E-state index contributed by atoms with van der Waals surface area (Å²) in [4.78, 5) is 27.5. The average molecular weight is 546 g/mol. The van der Waals surface area contributed by atoms with Crippen molar-refractivity contribution in [2.75, 3.05) is 4.72 Å². The molecule has 0 saturated heterocycles. The van der Waals surface area contributed by atoms with Crippen LogP contribution in [0.2, 0.25) is 0 Å². The van der Waals surface area contributed by atoms with Crippen LogP contribution >= 0.6 is 11.3 Å². The molecular formula is C17H15N5O10S3. The van der Waals surface area contributed by atoms with Crippen LogP contribution in [0.4, 0.5) is 5.13 Å². The van der Waals surface area contributed by atoms with Gasteiger partial charge in [0.25, 0.3) is 30.3 Å². The molecule has 186 valence electrons. The zero-order chi connectivity index (χ0) is 25.8. The maximum absolute atomic E-state index is 12.5. The quantitative estimate of drug-likeness (QED) is 0.221. The van der Waals surface area contributed by atoms with Crippen LogP contribution in [0.1, 0.15) is 26.3 Å². The lowest BCUT2D eigenvalue weighted by atomic mass is 10.1. The van der Waals surface area contributed by atoms with Gasteiger partial charge in [0.2, 0.25) is 5.13 Å². The van der Waals surface area contributed by atoms with Crippen LogP contribution < -0.4 is 9.44 Å². The summed E-state index contributed by atoms with van der Waals surface area (Å²) >= 11 is 0.311. The number of carbonyl (C=O) groups is 2. The maximum atomic E-state index is 12.5. The first-order valence-electron chi connectivity index (χ1n) is 9.04. The highest BCUT2D eigenvalue weighted by atomic mass is 32.2. The largest absolute Gasteiger partial charge is 0.478 e. The van der Waals surface area contributed by atoms with E-state index in [1.807, 2.05) is 4.72 Å². The number of carboxylic acid groups (broad SMARTS) is 1. The molecule has 0 aliphatic rings. The summed E-state index contributed by atoms with van der Waals surface area (Å²) in [6.07, 6.45) is 0. The molecule has 0 bridgehead atoms. The van der Waals surface area contributed by atoms with Crippen molar-refractivity contribution in [3.05, 3.63) is 65.2 Å². The Labute approximate surface area is 201 Å². The fraction of sp³-hybridized carbons (Fsp3) is 0.0588. The second-order valence-electron chi connectivity index (χ2n) is 6.47. The molecular weight excluding hydrogens is 530 g/mol. The summed E-state index contributed by atoms with van der Waals surface area (Å²) < 4.78 is 53.1.